The van der Waals surface area contributed by atoms with Crippen LogP contribution < -0.4 is 9.80 Å². The number of benzene rings is 1. The molecule has 3 aromatic rings. The molecular weight excluding hydrogens is 324 g/mol. The standard InChI is InChI=1S/C17H21ClN6/c1-4-23(10-9-22(2)3)16-15-11-21-24(17(15)20-12-19-16)14-7-5-13(18)6-8-14/h5-8,11-12H,4,9-10H2,1-3H3/p+1. The Kier molecular flexibility index (Phi) is 4.97. The van der Waals surface area contributed by atoms with Gasteiger partial charge in [0.05, 0.1) is 44.5 Å². The van der Waals surface area contributed by atoms with Crippen LogP contribution in [0.4, 0.5) is 5.82 Å². The monoisotopic (exact) mass is 345 g/mol. The van der Waals surface area contributed by atoms with Gasteiger partial charge in [-0.15, -0.1) is 0 Å². The first-order valence-electron chi connectivity index (χ1n) is 8.08. The summed E-state index contributed by atoms with van der Waals surface area (Å²) in [7, 11) is 4.31. The second-order valence-electron chi connectivity index (χ2n) is 6.00. The largest absolute Gasteiger partial charge is 0.351 e. The quantitative estimate of drug-likeness (QED) is 0.734. The molecular formula is C17H22ClN6+. The Morgan fingerprint density at radius 2 is 1.92 bits per heavy atom. The van der Waals surface area contributed by atoms with Gasteiger partial charge in [0.25, 0.3) is 0 Å². The Morgan fingerprint density at radius 3 is 2.58 bits per heavy atom. The lowest BCUT2D eigenvalue weighted by atomic mass is 10.3. The second-order valence-corrected chi connectivity index (χ2v) is 6.44. The average molecular weight is 346 g/mol. The molecule has 1 aromatic carbocycles. The van der Waals surface area contributed by atoms with Gasteiger partial charge in [-0.25, -0.2) is 14.6 Å². The molecule has 0 saturated carbocycles. The fraction of sp³-hybridized carbons (Fsp3) is 0.353. The molecule has 0 unspecified atom stereocenters. The fourth-order valence-corrected chi connectivity index (χ4v) is 2.75. The van der Waals surface area contributed by atoms with Crippen LogP contribution in [-0.2, 0) is 0 Å². The third kappa shape index (κ3) is 3.34. The van der Waals surface area contributed by atoms with E-state index in [9.17, 15) is 0 Å². The van der Waals surface area contributed by atoms with Crippen molar-refractivity contribution in [2.24, 2.45) is 0 Å². The molecule has 0 bridgehead atoms. The molecule has 6 nitrogen and oxygen atoms in total. The molecule has 1 N–H and O–H groups in total. The van der Waals surface area contributed by atoms with Gasteiger partial charge < -0.3 is 9.80 Å². The first-order chi connectivity index (χ1) is 11.6. The zero-order valence-electron chi connectivity index (χ0n) is 14.2. The lowest BCUT2D eigenvalue weighted by Gasteiger charge is -2.22. The molecule has 0 spiro atoms. The Bertz CT molecular complexity index is 812. The van der Waals surface area contributed by atoms with Crippen LogP contribution in [0.15, 0.2) is 36.8 Å². The summed E-state index contributed by atoms with van der Waals surface area (Å²) in [6.07, 6.45) is 3.45. The number of hydrogen-bond donors (Lipinski definition) is 1. The number of nitrogens with one attached hydrogen (secondary N) is 1. The zero-order chi connectivity index (χ0) is 17.1. The second kappa shape index (κ2) is 7.15. The molecule has 0 fully saturated rings. The number of hydrogen-bond acceptors (Lipinski definition) is 4. The minimum Gasteiger partial charge on any atom is -0.351 e. The highest BCUT2D eigenvalue weighted by Crippen LogP contribution is 2.24. The highest BCUT2D eigenvalue weighted by atomic mass is 35.5. The minimum atomic E-state index is 0.703. The van der Waals surface area contributed by atoms with E-state index in [2.05, 4.69) is 41.0 Å². The first kappa shape index (κ1) is 16.7. The van der Waals surface area contributed by atoms with Crippen LogP contribution in [-0.4, -0.2) is 53.5 Å². The molecule has 7 heteroatoms. The number of fused-ring (bicyclic) bond motifs is 1. The molecule has 0 aliphatic carbocycles. The van der Waals surface area contributed by atoms with Crippen LogP contribution >= 0.6 is 11.6 Å². The summed E-state index contributed by atoms with van der Waals surface area (Å²) >= 11 is 5.97. The van der Waals surface area contributed by atoms with E-state index in [4.69, 9.17) is 11.6 Å². The Morgan fingerprint density at radius 1 is 1.17 bits per heavy atom. The molecule has 0 aliphatic rings. The van der Waals surface area contributed by atoms with Crippen molar-refractivity contribution in [2.75, 3.05) is 38.6 Å². The van der Waals surface area contributed by atoms with E-state index in [0.717, 1.165) is 42.2 Å². The van der Waals surface area contributed by atoms with Crippen LogP contribution in [0.3, 0.4) is 0 Å². The van der Waals surface area contributed by atoms with Crippen LogP contribution in [0.2, 0.25) is 5.02 Å². The molecule has 0 aliphatic heterocycles. The molecule has 0 saturated heterocycles. The topological polar surface area (TPSA) is 51.3 Å². The number of halogens is 1. The molecule has 0 radical (unpaired) electrons. The molecule has 3 rings (SSSR count). The van der Waals surface area contributed by atoms with Crippen molar-refractivity contribution >= 4 is 28.5 Å². The summed E-state index contributed by atoms with van der Waals surface area (Å²) in [5.41, 5.74) is 1.73. The van der Waals surface area contributed by atoms with Crippen LogP contribution in [0.25, 0.3) is 16.7 Å². The maximum absolute atomic E-state index is 5.97. The summed E-state index contributed by atoms with van der Waals surface area (Å²) < 4.78 is 1.82. The van der Waals surface area contributed by atoms with E-state index in [1.807, 2.05) is 35.1 Å². The summed E-state index contributed by atoms with van der Waals surface area (Å²) in [6, 6.07) is 7.57. The summed E-state index contributed by atoms with van der Waals surface area (Å²) in [6.45, 7) is 5.02. The zero-order valence-corrected chi connectivity index (χ0v) is 15.0. The van der Waals surface area contributed by atoms with Crippen molar-refractivity contribution < 1.29 is 4.90 Å². The minimum absolute atomic E-state index is 0.703. The van der Waals surface area contributed by atoms with Crippen molar-refractivity contribution in [1.29, 1.82) is 0 Å². The molecule has 24 heavy (non-hydrogen) atoms. The third-order valence-corrected chi connectivity index (χ3v) is 4.23. The normalized spacial score (nSPS) is 11.4. The van der Waals surface area contributed by atoms with Crippen molar-refractivity contribution in [3.8, 4) is 5.69 Å². The van der Waals surface area contributed by atoms with E-state index in [1.165, 1.54) is 4.90 Å². The van der Waals surface area contributed by atoms with E-state index in [-0.39, 0.29) is 0 Å². The Hall–Kier alpha value is -2.18. The van der Waals surface area contributed by atoms with Gasteiger partial charge in [0.15, 0.2) is 5.65 Å². The lowest BCUT2D eigenvalue weighted by molar-refractivity contribution is -0.856. The molecule has 126 valence electrons. The molecule has 0 atom stereocenters. The number of aromatic nitrogens is 4. The molecule has 2 aromatic heterocycles. The fourth-order valence-electron chi connectivity index (χ4n) is 2.63. The summed E-state index contributed by atoms with van der Waals surface area (Å²) in [5, 5.41) is 6.17. The van der Waals surface area contributed by atoms with E-state index in [1.54, 1.807) is 6.33 Å². The highest BCUT2D eigenvalue weighted by molar-refractivity contribution is 6.30. The molecule has 2 heterocycles. The van der Waals surface area contributed by atoms with Crippen LogP contribution in [0.1, 0.15) is 6.92 Å². The van der Waals surface area contributed by atoms with Gasteiger partial charge in [0, 0.05) is 11.6 Å². The van der Waals surface area contributed by atoms with E-state index >= 15 is 0 Å². The predicted octanol–water partition coefficient (Wildman–Crippen LogP) is 1.44. The molecule has 0 amide bonds. The number of rotatable bonds is 6. The van der Waals surface area contributed by atoms with Gasteiger partial charge in [0.1, 0.15) is 12.1 Å². The van der Waals surface area contributed by atoms with Gasteiger partial charge in [-0.1, -0.05) is 11.6 Å². The Balaban J connectivity index is 2.01. The number of nitrogens with zero attached hydrogens (tertiary/aromatic N) is 5. The van der Waals surface area contributed by atoms with Gasteiger partial charge in [-0.2, -0.15) is 5.10 Å². The Labute approximate surface area is 146 Å². The highest BCUT2D eigenvalue weighted by Gasteiger charge is 2.16. The van der Waals surface area contributed by atoms with E-state index in [0.29, 0.717) is 5.02 Å². The third-order valence-electron chi connectivity index (χ3n) is 3.98. The van der Waals surface area contributed by atoms with Crippen molar-refractivity contribution in [3.63, 3.8) is 0 Å². The van der Waals surface area contributed by atoms with Crippen molar-refractivity contribution in [2.45, 2.75) is 6.92 Å². The van der Waals surface area contributed by atoms with Gasteiger partial charge in [-0.3, -0.25) is 0 Å². The SMILES string of the molecule is CCN(CC[NH+](C)C)c1ncnc2c1cnn2-c1ccc(Cl)cc1. The van der Waals surface area contributed by atoms with Crippen molar-refractivity contribution in [3.05, 3.63) is 41.8 Å². The predicted molar refractivity (Wildman–Crippen MR) is 97.2 cm³/mol. The number of quaternary nitrogens is 1. The first-order valence-corrected chi connectivity index (χ1v) is 8.46. The lowest BCUT2D eigenvalue weighted by Crippen LogP contribution is -3.06. The van der Waals surface area contributed by atoms with Gasteiger partial charge in [0.2, 0.25) is 0 Å². The van der Waals surface area contributed by atoms with Crippen LogP contribution in [0, 0.1) is 0 Å². The maximum Gasteiger partial charge on any atom is 0.168 e. The smallest absolute Gasteiger partial charge is 0.168 e. The number of anilines is 1. The summed E-state index contributed by atoms with van der Waals surface area (Å²) in [4.78, 5) is 12.6. The van der Waals surface area contributed by atoms with E-state index < -0.39 is 0 Å². The van der Waals surface area contributed by atoms with Crippen molar-refractivity contribution in [1.82, 2.24) is 19.7 Å². The van der Waals surface area contributed by atoms with Gasteiger partial charge in [-0.05, 0) is 31.2 Å². The number of likely N-dealkylation sites (N-methyl/N-ethyl adjacent to an activating group) is 2. The van der Waals surface area contributed by atoms with Crippen LogP contribution in [0.5, 0.6) is 0 Å². The average Bonchev–Trinajstić information content (AvgIpc) is 3.00. The maximum atomic E-state index is 5.97. The van der Waals surface area contributed by atoms with Gasteiger partial charge >= 0.3 is 0 Å². The summed E-state index contributed by atoms with van der Waals surface area (Å²) in [5.74, 6) is 0.934.